The van der Waals surface area contributed by atoms with Gasteiger partial charge in [0.2, 0.25) is 0 Å². The van der Waals surface area contributed by atoms with E-state index in [1.807, 2.05) is 36.4 Å². The summed E-state index contributed by atoms with van der Waals surface area (Å²) in [7, 11) is 0. The number of benzene rings is 2. The molecule has 0 amide bonds. The van der Waals surface area contributed by atoms with Crippen molar-refractivity contribution in [1.29, 1.82) is 0 Å². The molecule has 1 saturated carbocycles. The predicted molar refractivity (Wildman–Crippen MR) is 119 cm³/mol. The van der Waals surface area contributed by atoms with Gasteiger partial charge in [0.1, 0.15) is 5.84 Å². The average molecular weight is 438 g/mol. The number of halogens is 3. The normalized spacial score (nSPS) is 18.0. The first kappa shape index (κ1) is 19.8. The highest BCUT2D eigenvalue weighted by Gasteiger charge is 2.39. The maximum absolute atomic E-state index is 6.27. The average Bonchev–Trinajstić information content (AvgIpc) is 2.92. The largest absolute Gasteiger partial charge is 0.371 e. The fraction of sp³-hybridized carbons (Fsp3) is 0.381. The van der Waals surface area contributed by atoms with E-state index in [-0.39, 0.29) is 5.54 Å². The minimum absolute atomic E-state index is 0.228. The molecular formula is C21H23Cl3N4. The Morgan fingerprint density at radius 1 is 0.929 bits per heavy atom. The summed E-state index contributed by atoms with van der Waals surface area (Å²) in [6, 6.07) is 11.5. The SMILES string of the molecule is Clc1cc2c(cc1Cl)NC1(CCCCCC1)C(NNCc1ccccc1Cl)=N2. The van der Waals surface area contributed by atoms with E-state index in [1.54, 1.807) is 0 Å². The van der Waals surface area contributed by atoms with Crippen molar-refractivity contribution in [2.24, 2.45) is 4.99 Å². The highest BCUT2D eigenvalue weighted by molar-refractivity contribution is 6.42. The highest BCUT2D eigenvalue weighted by Crippen LogP contribution is 2.42. The van der Waals surface area contributed by atoms with E-state index >= 15 is 0 Å². The van der Waals surface area contributed by atoms with Crippen molar-refractivity contribution in [2.75, 3.05) is 5.32 Å². The van der Waals surface area contributed by atoms with Gasteiger partial charge in [0.05, 0.1) is 27.0 Å². The molecule has 1 aliphatic carbocycles. The molecule has 1 aliphatic heterocycles. The van der Waals surface area contributed by atoms with Crippen LogP contribution in [0.2, 0.25) is 15.1 Å². The minimum atomic E-state index is -0.228. The second-order valence-corrected chi connectivity index (χ2v) is 8.66. The highest BCUT2D eigenvalue weighted by atomic mass is 35.5. The molecule has 28 heavy (non-hydrogen) atoms. The monoisotopic (exact) mass is 436 g/mol. The Balaban J connectivity index is 1.60. The van der Waals surface area contributed by atoms with Gasteiger partial charge >= 0.3 is 0 Å². The number of rotatable bonds is 3. The first-order valence-corrected chi connectivity index (χ1v) is 10.8. The first-order chi connectivity index (χ1) is 13.6. The van der Waals surface area contributed by atoms with Crippen LogP contribution in [0.25, 0.3) is 0 Å². The lowest BCUT2D eigenvalue weighted by atomic mass is 9.87. The van der Waals surface area contributed by atoms with Crippen LogP contribution in [0.1, 0.15) is 44.1 Å². The van der Waals surface area contributed by atoms with Gasteiger partial charge in [-0.25, -0.2) is 10.4 Å². The number of nitrogens with zero attached hydrogens (tertiary/aromatic N) is 1. The number of hydrazine groups is 1. The number of hydrogen-bond donors (Lipinski definition) is 3. The number of fused-ring (bicyclic) bond motifs is 1. The molecule has 3 N–H and O–H groups in total. The van der Waals surface area contributed by atoms with Gasteiger partial charge in [-0.05, 0) is 36.6 Å². The lowest BCUT2D eigenvalue weighted by molar-refractivity contribution is 0.495. The number of aliphatic imine (C=N–C) groups is 1. The van der Waals surface area contributed by atoms with Crippen molar-refractivity contribution in [2.45, 2.75) is 50.6 Å². The summed E-state index contributed by atoms with van der Waals surface area (Å²) in [6.07, 6.45) is 6.86. The second-order valence-electron chi connectivity index (χ2n) is 7.44. The van der Waals surface area contributed by atoms with E-state index in [9.17, 15) is 0 Å². The Hall–Kier alpha value is -1.46. The van der Waals surface area contributed by atoms with E-state index in [4.69, 9.17) is 39.8 Å². The Morgan fingerprint density at radius 3 is 2.39 bits per heavy atom. The molecule has 0 unspecified atom stereocenters. The third-order valence-corrected chi connectivity index (χ3v) is 6.59. The van der Waals surface area contributed by atoms with Gasteiger partial charge in [-0.2, -0.15) is 0 Å². The fourth-order valence-corrected chi connectivity index (χ4v) is 4.50. The molecule has 148 valence electrons. The zero-order chi connectivity index (χ0) is 19.6. The summed E-state index contributed by atoms with van der Waals surface area (Å²) < 4.78 is 0. The molecule has 1 heterocycles. The van der Waals surface area contributed by atoms with Gasteiger partial charge in [0.25, 0.3) is 0 Å². The van der Waals surface area contributed by atoms with E-state index in [1.165, 1.54) is 12.8 Å². The van der Waals surface area contributed by atoms with Crippen LogP contribution in [0.4, 0.5) is 11.4 Å². The molecule has 1 spiro atoms. The Morgan fingerprint density at radius 2 is 1.64 bits per heavy atom. The Bertz CT molecular complexity index is 889. The minimum Gasteiger partial charge on any atom is -0.371 e. The predicted octanol–water partition coefficient (Wildman–Crippen LogP) is 6.49. The van der Waals surface area contributed by atoms with Crippen molar-refractivity contribution >= 4 is 52.0 Å². The zero-order valence-electron chi connectivity index (χ0n) is 15.5. The molecule has 0 radical (unpaired) electrons. The van der Waals surface area contributed by atoms with Crippen molar-refractivity contribution in [3.63, 3.8) is 0 Å². The second kappa shape index (κ2) is 8.50. The van der Waals surface area contributed by atoms with Crippen LogP contribution in [-0.2, 0) is 6.54 Å². The summed E-state index contributed by atoms with van der Waals surface area (Å²) >= 11 is 18.7. The van der Waals surface area contributed by atoms with Crippen LogP contribution in [-0.4, -0.2) is 11.4 Å². The van der Waals surface area contributed by atoms with Crippen LogP contribution >= 0.6 is 34.8 Å². The molecule has 0 bridgehead atoms. The Kier molecular flexibility index (Phi) is 6.02. The van der Waals surface area contributed by atoms with Gasteiger partial charge in [-0.1, -0.05) is 78.7 Å². The Labute approximate surface area is 180 Å². The van der Waals surface area contributed by atoms with Gasteiger partial charge in [-0.15, -0.1) is 0 Å². The van der Waals surface area contributed by atoms with Gasteiger partial charge in [0.15, 0.2) is 0 Å². The van der Waals surface area contributed by atoms with Crippen LogP contribution in [0, 0.1) is 0 Å². The van der Waals surface area contributed by atoms with Crippen LogP contribution < -0.4 is 16.2 Å². The van der Waals surface area contributed by atoms with Crippen molar-refractivity contribution < 1.29 is 0 Å². The third kappa shape index (κ3) is 4.11. The summed E-state index contributed by atoms with van der Waals surface area (Å²) in [5.41, 5.74) is 9.20. The molecule has 0 atom stereocenters. The topological polar surface area (TPSA) is 48.4 Å². The summed E-state index contributed by atoms with van der Waals surface area (Å²) in [4.78, 5) is 4.92. The quantitative estimate of drug-likeness (QED) is 0.481. The van der Waals surface area contributed by atoms with Crippen LogP contribution in [0.15, 0.2) is 41.4 Å². The summed E-state index contributed by atoms with van der Waals surface area (Å²) in [5, 5.41) is 5.52. The molecule has 2 aromatic carbocycles. The maximum Gasteiger partial charge on any atom is 0.142 e. The van der Waals surface area contributed by atoms with Crippen LogP contribution in [0.3, 0.4) is 0 Å². The molecule has 4 rings (SSSR count). The summed E-state index contributed by atoms with van der Waals surface area (Å²) in [6.45, 7) is 0.600. The molecule has 0 saturated heterocycles. The molecule has 1 fully saturated rings. The lowest BCUT2D eigenvalue weighted by Crippen LogP contribution is -2.56. The molecule has 7 heteroatoms. The van der Waals surface area contributed by atoms with Crippen LogP contribution in [0.5, 0.6) is 0 Å². The maximum atomic E-state index is 6.27. The number of hydrogen-bond acceptors (Lipinski definition) is 4. The number of nitrogens with one attached hydrogen (secondary N) is 3. The van der Waals surface area contributed by atoms with Crippen molar-refractivity contribution in [3.8, 4) is 0 Å². The van der Waals surface area contributed by atoms with Crippen molar-refractivity contribution in [1.82, 2.24) is 10.9 Å². The van der Waals surface area contributed by atoms with Gasteiger partial charge in [-0.3, -0.25) is 0 Å². The smallest absolute Gasteiger partial charge is 0.142 e. The van der Waals surface area contributed by atoms with Gasteiger partial charge in [0, 0.05) is 11.6 Å². The number of amidine groups is 1. The standard InChI is InChI=1S/C21H23Cl3N4/c22-15-8-4-3-7-14(15)13-25-28-20-21(9-5-1-2-6-10-21)27-19-12-17(24)16(23)11-18(19)26-20/h3-4,7-8,11-12,25,27H,1-2,5-6,9-10,13H2,(H,26,28). The molecule has 4 nitrogen and oxygen atoms in total. The zero-order valence-corrected chi connectivity index (χ0v) is 17.8. The summed E-state index contributed by atoms with van der Waals surface area (Å²) in [5.74, 6) is 0.896. The van der Waals surface area contributed by atoms with E-state index in [2.05, 4.69) is 16.2 Å². The molecule has 0 aromatic heterocycles. The van der Waals surface area contributed by atoms with Gasteiger partial charge < -0.3 is 10.7 Å². The first-order valence-electron chi connectivity index (χ1n) is 9.66. The number of anilines is 1. The van der Waals surface area contributed by atoms with Crippen molar-refractivity contribution in [3.05, 3.63) is 57.0 Å². The molecule has 2 aromatic rings. The molecular weight excluding hydrogens is 415 g/mol. The molecule has 2 aliphatic rings. The fourth-order valence-electron chi connectivity index (χ4n) is 3.98. The van der Waals surface area contributed by atoms with E-state index in [0.29, 0.717) is 16.6 Å². The third-order valence-electron chi connectivity index (χ3n) is 5.50. The van der Waals surface area contributed by atoms with E-state index < -0.39 is 0 Å². The lowest BCUT2D eigenvalue weighted by Gasteiger charge is -2.40. The van der Waals surface area contributed by atoms with E-state index in [0.717, 1.165) is 53.5 Å².